The molecule has 1 aliphatic rings. The first-order valence-electron chi connectivity index (χ1n) is 6.98. The topological polar surface area (TPSA) is 35.2 Å². The predicted molar refractivity (Wildman–Crippen MR) is 71.0 cm³/mol. The van der Waals surface area contributed by atoms with E-state index in [9.17, 15) is 13.2 Å². The molecule has 2 unspecified atom stereocenters. The van der Waals surface area contributed by atoms with Crippen LogP contribution in [0, 0.1) is 5.92 Å². The minimum Gasteiger partial charge on any atom is -0.373 e. The Kier molecular flexibility index (Phi) is 5.05. The standard InChI is InChI=1S/C15H20F3NO/c16-15(17,18)13-6-3-4-11(8-13)10-20-14-7-2-1-5-12(14)9-19/h3-4,6,8,12,14H,1-2,5,7,9-10,19H2. The zero-order valence-electron chi connectivity index (χ0n) is 11.3. The number of halogens is 3. The lowest BCUT2D eigenvalue weighted by molar-refractivity contribution is -0.137. The van der Waals surface area contributed by atoms with Gasteiger partial charge in [-0.1, -0.05) is 25.0 Å². The molecule has 0 radical (unpaired) electrons. The highest BCUT2D eigenvalue weighted by Crippen LogP contribution is 2.30. The van der Waals surface area contributed by atoms with Crippen molar-refractivity contribution >= 4 is 0 Å². The number of hydrogen-bond donors (Lipinski definition) is 1. The lowest BCUT2D eigenvalue weighted by Crippen LogP contribution is -2.33. The van der Waals surface area contributed by atoms with E-state index in [0.717, 1.165) is 37.8 Å². The number of benzene rings is 1. The summed E-state index contributed by atoms with van der Waals surface area (Å²) in [4.78, 5) is 0. The maximum Gasteiger partial charge on any atom is 0.416 e. The Bertz CT molecular complexity index is 433. The van der Waals surface area contributed by atoms with Crippen LogP contribution < -0.4 is 5.73 Å². The lowest BCUT2D eigenvalue weighted by atomic mass is 9.86. The Morgan fingerprint density at radius 3 is 2.65 bits per heavy atom. The van der Waals surface area contributed by atoms with Crippen molar-refractivity contribution < 1.29 is 17.9 Å². The number of nitrogens with two attached hydrogens (primary N) is 1. The van der Waals surface area contributed by atoms with Crippen molar-refractivity contribution in [3.8, 4) is 0 Å². The average Bonchev–Trinajstić information content (AvgIpc) is 2.45. The van der Waals surface area contributed by atoms with Gasteiger partial charge in [0.15, 0.2) is 0 Å². The van der Waals surface area contributed by atoms with Gasteiger partial charge >= 0.3 is 6.18 Å². The van der Waals surface area contributed by atoms with Crippen molar-refractivity contribution in [3.63, 3.8) is 0 Å². The molecule has 112 valence electrons. The average molecular weight is 287 g/mol. The minimum absolute atomic E-state index is 0.0725. The highest BCUT2D eigenvalue weighted by molar-refractivity contribution is 5.25. The first-order valence-corrected chi connectivity index (χ1v) is 6.98. The quantitative estimate of drug-likeness (QED) is 0.915. The Morgan fingerprint density at radius 2 is 1.95 bits per heavy atom. The summed E-state index contributed by atoms with van der Waals surface area (Å²) in [7, 11) is 0. The third-order valence-electron chi connectivity index (χ3n) is 3.86. The van der Waals surface area contributed by atoms with E-state index >= 15 is 0 Å². The van der Waals surface area contributed by atoms with Crippen molar-refractivity contribution in [2.24, 2.45) is 11.7 Å². The van der Waals surface area contributed by atoms with Crippen LogP contribution in [0.3, 0.4) is 0 Å². The lowest BCUT2D eigenvalue weighted by Gasteiger charge is -2.30. The fourth-order valence-electron chi connectivity index (χ4n) is 2.70. The van der Waals surface area contributed by atoms with Crippen molar-refractivity contribution in [2.45, 2.75) is 44.6 Å². The number of alkyl halides is 3. The third kappa shape index (κ3) is 3.96. The van der Waals surface area contributed by atoms with E-state index < -0.39 is 11.7 Å². The van der Waals surface area contributed by atoms with Gasteiger partial charge in [-0.3, -0.25) is 0 Å². The van der Waals surface area contributed by atoms with Gasteiger partial charge in [0, 0.05) is 0 Å². The molecular weight excluding hydrogens is 267 g/mol. The van der Waals surface area contributed by atoms with E-state index in [0.29, 0.717) is 18.0 Å². The molecule has 20 heavy (non-hydrogen) atoms. The van der Waals surface area contributed by atoms with Crippen LogP contribution in [0.5, 0.6) is 0 Å². The van der Waals surface area contributed by atoms with E-state index in [1.807, 2.05) is 0 Å². The van der Waals surface area contributed by atoms with Crippen molar-refractivity contribution in [3.05, 3.63) is 35.4 Å². The van der Waals surface area contributed by atoms with Gasteiger partial charge in [0.25, 0.3) is 0 Å². The minimum atomic E-state index is -4.30. The molecule has 1 aromatic rings. The summed E-state index contributed by atoms with van der Waals surface area (Å²) in [5, 5.41) is 0. The normalized spacial score (nSPS) is 23.8. The molecule has 2 nitrogen and oxygen atoms in total. The molecule has 0 saturated heterocycles. The first kappa shape index (κ1) is 15.3. The van der Waals surface area contributed by atoms with E-state index in [4.69, 9.17) is 10.5 Å². The molecule has 2 N–H and O–H groups in total. The first-order chi connectivity index (χ1) is 9.50. The molecule has 1 aliphatic carbocycles. The summed E-state index contributed by atoms with van der Waals surface area (Å²) >= 11 is 0. The molecule has 1 aromatic carbocycles. The Morgan fingerprint density at radius 1 is 1.20 bits per heavy atom. The summed E-state index contributed by atoms with van der Waals surface area (Å²) < 4.78 is 43.7. The van der Waals surface area contributed by atoms with Gasteiger partial charge in [-0.25, -0.2) is 0 Å². The van der Waals surface area contributed by atoms with Crippen LogP contribution in [0.4, 0.5) is 13.2 Å². The predicted octanol–water partition coefficient (Wildman–Crippen LogP) is 3.74. The highest BCUT2D eigenvalue weighted by atomic mass is 19.4. The largest absolute Gasteiger partial charge is 0.416 e. The molecule has 0 aliphatic heterocycles. The van der Waals surface area contributed by atoms with Gasteiger partial charge in [-0.05, 0) is 43.0 Å². The molecule has 1 fully saturated rings. The van der Waals surface area contributed by atoms with E-state index in [-0.39, 0.29) is 12.7 Å². The van der Waals surface area contributed by atoms with Crippen LogP contribution >= 0.6 is 0 Å². The number of rotatable bonds is 4. The van der Waals surface area contributed by atoms with Crippen molar-refractivity contribution in [1.82, 2.24) is 0 Å². The van der Waals surface area contributed by atoms with Crippen LogP contribution in [-0.4, -0.2) is 12.6 Å². The Hall–Kier alpha value is -1.07. The second kappa shape index (κ2) is 6.59. The maximum atomic E-state index is 12.6. The van der Waals surface area contributed by atoms with Crippen LogP contribution in [-0.2, 0) is 17.5 Å². The molecular formula is C15H20F3NO. The second-order valence-corrected chi connectivity index (χ2v) is 5.33. The van der Waals surface area contributed by atoms with Gasteiger partial charge in [-0.15, -0.1) is 0 Å². The third-order valence-corrected chi connectivity index (χ3v) is 3.86. The van der Waals surface area contributed by atoms with Crippen LogP contribution in [0.25, 0.3) is 0 Å². The van der Waals surface area contributed by atoms with Gasteiger partial charge in [0.2, 0.25) is 0 Å². The summed E-state index contributed by atoms with van der Waals surface area (Å²) in [6.45, 7) is 0.790. The molecule has 0 heterocycles. The summed E-state index contributed by atoms with van der Waals surface area (Å²) in [6, 6.07) is 5.31. The van der Waals surface area contributed by atoms with Gasteiger partial charge < -0.3 is 10.5 Å². The fraction of sp³-hybridized carbons (Fsp3) is 0.600. The summed E-state index contributed by atoms with van der Waals surface area (Å²) in [5.41, 5.74) is 5.64. The summed E-state index contributed by atoms with van der Waals surface area (Å²) in [6.07, 6.45) is 0.0172. The van der Waals surface area contributed by atoms with Crippen LogP contribution in [0.2, 0.25) is 0 Å². The Labute approximate surface area is 117 Å². The zero-order valence-corrected chi connectivity index (χ0v) is 11.3. The van der Waals surface area contributed by atoms with E-state index in [1.165, 1.54) is 6.07 Å². The summed E-state index contributed by atoms with van der Waals surface area (Å²) in [5.74, 6) is 0.328. The molecule has 0 amide bonds. The monoisotopic (exact) mass is 287 g/mol. The van der Waals surface area contributed by atoms with Gasteiger partial charge in [0.05, 0.1) is 18.3 Å². The van der Waals surface area contributed by atoms with Gasteiger partial charge in [-0.2, -0.15) is 13.2 Å². The number of hydrogen-bond acceptors (Lipinski definition) is 2. The molecule has 0 bridgehead atoms. The molecule has 0 spiro atoms. The SMILES string of the molecule is NCC1CCCCC1OCc1cccc(C(F)(F)F)c1. The molecule has 2 rings (SSSR count). The molecule has 2 atom stereocenters. The Balaban J connectivity index is 1.96. The van der Waals surface area contributed by atoms with Crippen LogP contribution in [0.1, 0.15) is 36.8 Å². The van der Waals surface area contributed by atoms with Crippen molar-refractivity contribution in [2.75, 3.05) is 6.54 Å². The molecule has 1 saturated carbocycles. The zero-order chi connectivity index (χ0) is 14.6. The molecule has 5 heteroatoms. The van der Waals surface area contributed by atoms with Crippen molar-refractivity contribution in [1.29, 1.82) is 0 Å². The smallest absolute Gasteiger partial charge is 0.373 e. The highest BCUT2D eigenvalue weighted by Gasteiger charge is 2.30. The fourth-order valence-corrected chi connectivity index (χ4v) is 2.70. The second-order valence-electron chi connectivity index (χ2n) is 5.33. The van der Waals surface area contributed by atoms with Gasteiger partial charge in [0.1, 0.15) is 0 Å². The van der Waals surface area contributed by atoms with E-state index in [2.05, 4.69) is 0 Å². The van der Waals surface area contributed by atoms with E-state index in [1.54, 1.807) is 6.07 Å². The maximum absolute atomic E-state index is 12.6. The number of ether oxygens (including phenoxy) is 1. The molecule has 0 aromatic heterocycles. The van der Waals surface area contributed by atoms with Crippen LogP contribution in [0.15, 0.2) is 24.3 Å².